The van der Waals surface area contributed by atoms with E-state index in [-0.39, 0.29) is 12.6 Å². The van der Waals surface area contributed by atoms with Crippen LogP contribution in [0.1, 0.15) is 11.6 Å². The third-order valence-electron chi connectivity index (χ3n) is 4.03. The molecule has 25 heavy (non-hydrogen) atoms. The maximum absolute atomic E-state index is 12.6. The van der Waals surface area contributed by atoms with Crippen molar-refractivity contribution in [2.45, 2.75) is 10.3 Å². The van der Waals surface area contributed by atoms with Gasteiger partial charge in [0.2, 0.25) is 10.0 Å². The molecule has 0 aliphatic carbocycles. The Bertz CT molecular complexity index is 822. The Kier molecular flexibility index (Phi) is 6.54. The Hall–Kier alpha value is -0.480. The molecule has 0 spiro atoms. The van der Waals surface area contributed by atoms with Crippen LogP contribution in [0.15, 0.2) is 44.4 Å². The number of nitrogens with zero attached hydrogens (tertiary/aromatic N) is 1. The zero-order valence-corrected chi connectivity index (χ0v) is 17.3. The fourth-order valence-corrected chi connectivity index (χ4v) is 6.13. The Morgan fingerprint density at radius 2 is 1.96 bits per heavy atom. The third kappa shape index (κ3) is 4.82. The molecule has 1 unspecified atom stereocenters. The number of halogens is 2. The van der Waals surface area contributed by atoms with Crippen molar-refractivity contribution >= 4 is 48.9 Å². The van der Waals surface area contributed by atoms with E-state index in [2.05, 4.69) is 25.6 Å². The SMILES string of the molecule is O=S(=O)(NCC(c1ccccc1Cl)N1CCOCC1)c1ccc(Br)s1. The van der Waals surface area contributed by atoms with E-state index >= 15 is 0 Å². The zero-order valence-electron chi connectivity index (χ0n) is 13.3. The Labute approximate surface area is 165 Å². The summed E-state index contributed by atoms with van der Waals surface area (Å²) in [6.45, 7) is 2.99. The van der Waals surface area contributed by atoms with E-state index in [1.54, 1.807) is 12.1 Å². The highest BCUT2D eigenvalue weighted by Crippen LogP contribution is 2.29. The van der Waals surface area contributed by atoms with Crippen molar-refractivity contribution in [2.75, 3.05) is 32.8 Å². The van der Waals surface area contributed by atoms with Gasteiger partial charge in [0.15, 0.2) is 0 Å². The van der Waals surface area contributed by atoms with Gasteiger partial charge in [-0.15, -0.1) is 11.3 Å². The number of ether oxygens (including phenoxy) is 1. The molecule has 1 N–H and O–H groups in total. The number of thiophene rings is 1. The van der Waals surface area contributed by atoms with Crippen LogP contribution in [0.2, 0.25) is 5.02 Å². The standard InChI is InChI=1S/C16H18BrClN2O3S2/c17-15-5-6-16(24-15)25(21,22)19-11-14(20-7-9-23-10-8-20)12-3-1-2-4-13(12)18/h1-6,14,19H,7-11H2. The first-order valence-corrected chi connectivity index (χ1v) is 11.3. The fraction of sp³-hybridized carbons (Fsp3) is 0.375. The number of hydrogen-bond acceptors (Lipinski definition) is 5. The molecule has 136 valence electrons. The van der Waals surface area contributed by atoms with E-state index in [4.69, 9.17) is 16.3 Å². The highest BCUT2D eigenvalue weighted by atomic mass is 79.9. The highest BCUT2D eigenvalue weighted by molar-refractivity contribution is 9.11. The number of rotatable bonds is 6. The highest BCUT2D eigenvalue weighted by Gasteiger charge is 2.26. The van der Waals surface area contributed by atoms with E-state index in [9.17, 15) is 8.42 Å². The first-order valence-electron chi connectivity index (χ1n) is 7.78. The quantitative estimate of drug-likeness (QED) is 0.709. The Morgan fingerprint density at radius 1 is 1.24 bits per heavy atom. The molecule has 0 saturated carbocycles. The van der Waals surface area contributed by atoms with Crippen molar-refractivity contribution in [2.24, 2.45) is 0 Å². The Morgan fingerprint density at radius 3 is 2.60 bits per heavy atom. The molecule has 1 aliphatic heterocycles. The lowest BCUT2D eigenvalue weighted by Crippen LogP contribution is -2.43. The van der Waals surface area contributed by atoms with Gasteiger partial charge in [-0.1, -0.05) is 29.8 Å². The van der Waals surface area contributed by atoms with Crippen LogP contribution in [0, 0.1) is 0 Å². The summed E-state index contributed by atoms with van der Waals surface area (Å²) in [7, 11) is -3.56. The van der Waals surface area contributed by atoms with Gasteiger partial charge in [0, 0.05) is 30.7 Å². The van der Waals surface area contributed by atoms with Crippen LogP contribution in [-0.2, 0) is 14.8 Å². The lowest BCUT2D eigenvalue weighted by molar-refractivity contribution is 0.0172. The maximum Gasteiger partial charge on any atom is 0.250 e. The van der Waals surface area contributed by atoms with Crippen LogP contribution >= 0.6 is 38.9 Å². The van der Waals surface area contributed by atoms with Gasteiger partial charge in [0.05, 0.1) is 17.0 Å². The van der Waals surface area contributed by atoms with Gasteiger partial charge in [-0.05, 0) is 39.7 Å². The summed E-state index contributed by atoms with van der Waals surface area (Å²) >= 11 is 10.9. The molecular formula is C16H18BrClN2O3S2. The number of nitrogens with one attached hydrogen (secondary N) is 1. The number of hydrogen-bond donors (Lipinski definition) is 1. The molecule has 3 rings (SSSR count). The van der Waals surface area contributed by atoms with Gasteiger partial charge < -0.3 is 4.74 Å². The zero-order chi connectivity index (χ0) is 17.9. The summed E-state index contributed by atoms with van der Waals surface area (Å²) in [6.07, 6.45) is 0. The van der Waals surface area contributed by atoms with Crippen molar-refractivity contribution in [1.29, 1.82) is 0 Å². The molecule has 1 aromatic heterocycles. The van der Waals surface area contributed by atoms with E-state index in [0.29, 0.717) is 22.4 Å². The molecule has 9 heteroatoms. The molecule has 1 saturated heterocycles. The van der Waals surface area contributed by atoms with E-state index in [1.807, 2.05) is 24.3 Å². The van der Waals surface area contributed by atoms with Crippen LogP contribution in [0.25, 0.3) is 0 Å². The van der Waals surface area contributed by atoms with Crippen molar-refractivity contribution < 1.29 is 13.2 Å². The summed E-state index contributed by atoms with van der Waals surface area (Å²) in [5, 5.41) is 0.636. The van der Waals surface area contributed by atoms with E-state index < -0.39 is 10.0 Å². The van der Waals surface area contributed by atoms with Gasteiger partial charge in [-0.3, -0.25) is 4.90 Å². The molecule has 0 amide bonds. The normalized spacial score (nSPS) is 17.5. The Balaban J connectivity index is 1.81. The second-order valence-electron chi connectivity index (χ2n) is 5.60. The minimum atomic E-state index is -3.56. The lowest BCUT2D eigenvalue weighted by atomic mass is 10.0. The maximum atomic E-state index is 12.6. The van der Waals surface area contributed by atoms with Crippen molar-refractivity contribution in [3.8, 4) is 0 Å². The number of benzene rings is 1. The van der Waals surface area contributed by atoms with Crippen LogP contribution in [0.5, 0.6) is 0 Å². The van der Waals surface area contributed by atoms with Gasteiger partial charge in [-0.2, -0.15) is 0 Å². The topological polar surface area (TPSA) is 58.6 Å². The fourth-order valence-electron chi connectivity index (χ4n) is 2.77. The first-order chi connectivity index (χ1) is 12.0. The van der Waals surface area contributed by atoms with Gasteiger partial charge >= 0.3 is 0 Å². The second-order valence-corrected chi connectivity index (χ2v) is 10.5. The predicted molar refractivity (Wildman–Crippen MR) is 104 cm³/mol. The first kappa shape index (κ1) is 19.3. The average Bonchev–Trinajstić information content (AvgIpc) is 3.05. The molecule has 5 nitrogen and oxygen atoms in total. The molecule has 2 aromatic rings. The largest absolute Gasteiger partial charge is 0.379 e. The van der Waals surface area contributed by atoms with Gasteiger partial charge in [0.25, 0.3) is 0 Å². The van der Waals surface area contributed by atoms with Crippen molar-refractivity contribution in [3.63, 3.8) is 0 Å². The van der Waals surface area contributed by atoms with Crippen LogP contribution in [0.4, 0.5) is 0 Å². The molecule has 1 atom stereocenters. The predicted octanol–water partition coefficient (Wildman–Crippen LogP) is 3.52. The number of morpholine rings is 1. The molecule has 1 fully saturated rings. The van der Waals surface area contributed by atoms with Crippen molar-refractivity contribution in [1.82, 2.24) is 9.62 Å². The summed E-state index contributed by atoms with van der Waals surface area (Å²) in [4.78, 5) is 2.21. The van der Waals surface area contributed by atoms with Crippen LogP contribution in [-0.4, -0.2) is 46.2 Å². The van der Waals surface area contributed by atoms with Crippen LogP contribution < -0.4 is 4.72 Å². The molecule has 2 heterocycles. The monoisotopic (exact) mass is 464 g/mol. The minimum absolute atomic E-state index is 0.143. The molecule has 0 radical (unpaired) electrons. The van der Waals surface area contributed by atoms with Crippen molar-refractivity contribution in [3.05, 3.63) is 50.8 Å². The second kappa shape index (κ2) is 8.47. The summed E-state index contributed by atoms with van der Waals surface area (Å²) in [5.74, 6) is 0. The summed E-state index contributed by atoms with van der Waals surface area (Å²) in [6, 6.07) is 10.7. The number of sulfonamides is 1. The van der Waals surface area contributed by atoms with Gasteiger partial charge in [-0.25, -0.2) is 13.1 Å². The lowest BCUT2D eigenvalue weighted by Gasteiger charge is -2.35. The smallest absolute Gasteiger partial charge is 0.250 e. The summed E-state index contributed by atoms with van der Waals surface area (Å²) < 4.78 is 34.3. The van der Waals surface area contributed by atoms with Gasteiger partial charge in [0.1, 0.15) is 4.21 Å². The average molecular weight is 466 g/mol. The molecule has 1 aromatic carbocycles. The molecule has 1 aliphatic rings. The minimum Gasteiger partial charge on any atom is -0.379 e. The van der Waals surface area contributed by atoms with E-state index in [1.165, 1.54) is 11.3 Å². The molecular weight excluding hydrogens is 448 g/mol. The summed E-state index contributed by atoms with van der Waals surface area (Å²) in [5.41, 5.74) is 0.918. The van der Waals surface area contributed by atoms with E-state index in [0.717, 1.165) is 22.4 Å². The third-order valence-corrected chi connectivity index (χ3v) is 7.91. The van der Waals surface area contributed by atoms with Crippen LogP contribution in [0.3, 0.4) is 0 Å². The molecule has 0 bridgehead atoms.